The van der Waals surface area contributed by atoms with Gasteiger partial charge in [-0.3, -0.25) is 0 Å². The molecule has 0 radical (unpaired) electrons. The summed E-state index contributed by atoms with van der Waals surface area (Å²) in [5, 5.41) is 18.7. The van der Waals surface area contributed by atoms with Gasteiger partial charge in [-0.05, 0) is 19.1 Å². The summed E-state index contributed by atoms with van der Waals surface area (Å²) in [6.07, 6.45) is 1.39. The predicted octanol–water partition coefficient (Wildman–Crippen LogP) is 1.36. The first kappa shape index (κ1) is 9.46. The highest BCUT2D eigenvalue weighted by molar-refractivity contribution is 5.24. The third kappa shape index (κ3) is 2.05. The highest BCUT2D eigenvalue weighted by Gasteiger charge is 2.07. The van der Waals surface area contributed by atoms with Crippen molar-refractivity contribution >= 4 is 0 Å². The van der Waals surface area contributed by atoms with Crippen molar-refractivity contribution in [2.24, 2.45) is 0 Å². The van der Waals surface area contributed by atoms with Crippen molar-refractivity contribution < 1.29 is 4.42 Å². The van der Waals surface area contributed by atoms with E-state index in [1.165, 1.54) is 0 Å². The van der Waals surface area contributed by atoms with Crippen molar-refractivity contribution in [1.29, 1.82) is 5.26 Å². The van der Waals surface area contributed by atoms with Crippen LogP contribution in [-0.2, 0) is 12.8 Å². The van der Waals surface area contributed by atoms with Gasteiger partial charge in [-0.15, -0.1) is 5.10 Å². The lowest BCUT2D eigenvalue weighted by Crippen LogP contribution is -1.93. The molecule has 2 rings (SSSR count). The standard InChI is InChI=1S/C10H10N4O/c1-7-2-3-8(15-7)4-5-9-10(6-11)13-14-12-9/h2-3H,4-5H2,1H3,(H,12,13,14). The maximum atomic E-state index is 8.72. The lowest BCUT2D eigenvalue weighted by molar-refractivity contribution is 0.481. The summed E-state index contributed by atoms with van der Waals surface area (Å²) < 4.78 is 5.41. The Morgan fingerprint density at radius 3 is 3.00 bits per heavy atom. The maximum Gasteiger partial charge on any atom is 0.158 e. The number of nitrogens with zero attached hydrogens (tertiary/aromatic N) is 3. The molecule has 0 aliphatic rings. The third-order valence-electron chi connectivity index (χ3n) is 2.14. The number of H-pyrrole nitrogens is 1. The molecule has 0 spiro atoms. The second kappa shape index (κ2) is 3.96. The van der Waals surface area contributed by atoms with Gasteiger partial charge in [0, 0.05) is 12.8 Å². The van der Waals surface area contributed by atoms with Crippen LogP contribution in [0.2, 0.25) is 0 Å². The molecule has 1 N–H and O–H groups in total. The molecule has 0 fully saturated rings. The van der Waals surface area contributed by atoms with Crippen molar-refractivity contribution in [3.8, 4) is 6.07 Å². The molecular formula is C10H10N4O. The molecular weight excluding hydrogens is 192 g/mol. The van der Waals surface area contributed by atoms with E-state index in [0.717, 1.165) is 17.9 Å². The highest BCUT2D eigenvalue weighted by atomic mass is 16.3. The Morgan fingerprint density at radius 1 is 1.47 bits per heavy atom. The van der Waals surface area contributed by atoms with E-state index in [0.29, 0.717) is 17.8 Å². The first-order chi connectivity index (χ1) is 7.29. The molecule has 2 heterocycles. The average Bonchev–Trinajstić information content (AvgIpc) is 2.83. The molecule has 15 heavy (non-hydrogen) atoms. The monoisotopic (exact) mass is 202 g/mol. The van der Waals surface area contributed by atoms with Crippen LogP contribution in [0.5, 0.6) is 0 Å². The molecule has 0 saturated heterocycles. The molecule has 0 aliphatic carbocycles. The van der Waals surface area contributed by atoms with Gasteiger partial charge in [0.1, 0.15) is 23.3 Å². The van der Waals surface area contributed by atoms with E-state index in [4.69, 9.17) is 9.68 Å². The summed E-state index contributed by atoms with van der Waals surface area (Å²) in [4.78, 5) is 0. The predicted molar refractivity (Wildman–Crippen MR) is 52.0 cm³/mol. The van der Waals surface area contributed by atoms with Crippen LogP contribution in [0.15, 0.2) is 16.5 Å². The first-order valence-electron chi connectivity index (χ1n) is 4.65. The number of aromatic amines is 1. The lowest BCUT2D eigenvalue weighted by Gasteiger charge is -1.93. The fraction of sp³-hybridized carbons (Fsp3) is 0.300. The second-order valence-corrected chi connectivity index (χ2v) is 3.26. The smallest absolute Gasteiger partial charge is 0.158 e. The van der Waals surface area contributed by atoms with E-state index >= 15 is 0 Å². The van der Waals surface area contributed by atoms with Crippen LogP contribution in [0.4, 0.5) is 0 Å². The van der Waals surface area contributed by atoms with Crippen LogP contribution in [0.3, 0.4) is 0 Å². The normalized spacial score (nSPS) is 10.1. The van der Waals surface area contributed by atoms with Crippen molar-refractivity contribution in [3.05, 3.63) is 35.0 Å². The number of nitriles is 1. The van der Waals surface area contributed by atoms with E-state index in [1.807, 2.05) is 25.1 Å². The summed E-state index contributed by atoms with van der Waals surface area (Å²) in [5.41, 5.74) is 1.12. The highest BCUT2D eigenvalue weighted by Crippen LogP contribution is 2.10. The van der Waals surface area contributed by atoms with Gasteiger partial charge in [-0.25, -0.2) is 5.10 Å². The molecule has 76 valence electrons. The Kier molecular flexibility index (Phi) is 2.50. The molecule has 0 atom stereocenters. The summed E-state index contributed by atoms with van der Waals surface area (Å²) in [6, 6.07) is 5.86. The van der Waals surface area contributed by atoms with E-state index in [-0.39, 0.29) is 0 Å². The minimum atomic E-state index is 0.429. The molecule has 0 aromatic carbocycles. The van der Waals surface area contributed by atoms with E-state index in [2.05, 4.69) is 15.4 Å². The first-order valence-corrected chi connectivity index (χ1v) is 4.65. The van der Waals surface area contributed by atoms with Crippen LogP contribution in [0, 0.1) is 18.3 Å². The van der Waals surface area contributed by atoms with E-state index < -0.39 is 0 Å². The number of hydrogen-bond donors (Lipinski definition) is 1. The second-order valence-electron chi connectivity index (χ2n) is 3.26. The molecule has 5 heteroatoms. The van der Waals surface area contributed by atoms with Gasteiger partial charge in [0.25, 0.3) is 0 Å². The molecule has 0 amide bonds. The molecule has 0 saturated carbocycles. The zero-order chi connectivity index (χ0) is 10.7. The number of furan rings is 1. The van der Waals surface area contributed by atoms with Crippen molar-refractivity contribution in [2.75, 3.05) is 0 Å². The Labute approximate surface area is 86.7 Å². The van der Waals surface area contributed by atoms with Gasteiger partial charge in [0.15, 0.2) is 5.69 Å². The molecule has 2 aromatic heterocycles. The van der Waals surface area contributed by atoms with E-state index in [9.17, 15) is 0 Å². The fourth-order valence-corrected chi connectivity index (χ4v) is 1.38. The zero-order valence-electron chi connectivity index (χ0n) is 8.32. The third-order valence-corrected chi connectivity index (χ3v) is 2.14. The Balaban J connectivity index is 2.02. The maximum absolute atomic E-state index is 8.72. The molecule has 5 nitrogen and oxygen atoms in total. The minimum Gasteiger partial charge on any atom is -0.466 e. The van der Waals surface area contributed by atoms with Crippen LogP contribution >= 0.6 is 0 Å². The van der Waals surface area contributed by atoms with Crippen LogP contribution < -0.4 is 0 Å². The fourth-order valence-electron chi connectivity index (χ4n) is 1.38. The molecule has 2 aromatic rings. The summed E-state index contributed by atoms with van der Waals surface area (Å²) in [6.45, 7) is 1.90. The number of aromatic nitrogens is 3. The molecule has 0 unspecified atom stereocenters. The van der Waals surface area contributed by atoms with Gasteiger partial charge in [0.05, 0.1) is 0 Å². The van der Waals surface area contributed by atoms with Gasteiger partial charge in [-0.1, -0.05) is 5.21 Å². The summed E-state index contributed by atoms with van der Waals surface area (Å²) in [7, 11) is 0. The molecule has 0 aliphatic heterocycles. The molecule has 0 bridgehead atoms. The number of nitrogens with one attached hydrogen (secondary N) is 1. The zero-order valence-corrected chi connectivity index (χ0v) is 8.32. The summed E-state index contributed by atoms with van der Waals surface area (Å²) in [5.74, 6) is 1.80. The minimum absolute atomic E-state index is 0.429. The van der Waals surface area contributed by atoms with Crippen molar-refractivity contribution in [3.63, 3.8) is 0 Å². The number of aryl methyl sites for hydroxylation is 3. The Hall–Kier alpha value is -2.09. The topological polar surface area (TPSA) is 78.5 Å². The number of rotatable bonds is 3. The van der Waals surface area contributed by atoms with Gasteiger partial charge in [0.2, 0.25) is 0 Å². The largest absolute Gasteiger partial charge is 0.466 e. The van der Waals surface area contributed by atoms with Crippen molar-refractivity contribution in [1.82, 2.24) is 15.4 Å². The average molecular weight is 202 g/mol. The summed E-state index contributed by atoms with van der Waals surface area (Å²) >= 11 is 0. The van der Waals surface area contributed by atoms with Gasteiger partial charge in [-0.2, -0.15) is 5.26 Å². The van der Waals surface area contributed by atoms with Gasteiger partial charge < -0.3 is 4.42 Å². The Morgan fingerprint density at radius 2 is 2.33 bits per heavy atom. The number of hydrogen-bond acceptors (Lipinski definition) is 4. The van der Waals surface area contributed by atoms with Crippen LogP contribution in [0.25, 0.3) is 0 Å². The lowest BCUT2D eigenvalue weighted by atomic mass is 10.2. The van der Waals surface area contributed by atoms with Gasteiger partial charge >= 0.3 is 0 Å². The van der Waals surface area contributed by atoms with Crippen LogP contribution in [-0.4, -0.2) is 15.4 Å². The SMILES string of the molecule is Cc1ccc(CCc2nn[nH]c2C#N)o1. The Bertz CT molecular complexity index is 491. The van der Waals surface area contributed by atoms with Crippen molar-refractivity contribution in [2.45, 2.75) is 19.8 Å². The van der Waals surface area contributed by atoms with Crippen LogP contribution in [0.1, 0.15) is 22.9 Å². The quantitative estimate of drug-likeness (QED) is 0.815. The van der Waals surface area contributed by atoms with E-state index in [1.54, 1.807) is 0 Å².